The molecule has 4 amide bonds. The number of urea groups is 1. The maximum atomic E-state index is 12.5. The van der Waals surface area contributed by atoms with Crippen molar-refractivity contribution in [1.82, 2.24) is 10.2 Å². The number of hydrogen-bond acceptors (Lipinski definition) is 5. The Balaban J connectivity index is 0.00000385. The summed E-state index contributed by atoms with van der Waals surface area (Å²) in [6.45, 7) is 6.10. The van der Waals surface area contributed by atoms with E-state index in [0.717, 1.165) is 30.0 Å². The van der Waals surface area contributed by atoms with E-state index in [1.54, 1.807) is 24.3 Å². The van der Waals surface area contributed by atoms with Gasteiger partial charge in [-0.2, -0.15) is 0 Å². The third-order valence-electron chi connectivity index (χ3n) is 5.04. The smallest absolute Gasteiger partial charge is 0.324 e. The van der Waals surface area contributed by atoms with Gasteiger partial charge in [0.1, 0.15) is 5.00 Å². The van der Waals surface area contributed by atoms with Crippen molar-refractivity contribution in [3.8, 4) is 0 Å². The summed E-state index contributed by atoms with van der Waals surface area (Å²) in [5.41, 5.74) is 7.51. The van der Waals surface area contributed by atoms with E-state index >= 15 is 0 Å². The zero-order chi connectivity index (χ0) is 23.3. The Morgan fingerprint density at radius 1 is 1.18 bits per heavy atom. The van der Waals surface area contributed by atoms with Crippen molar-refractivity contribution in [2.45, 2.75) is 45.7 Å². The Morgan fingerprint density at radius 3 is 2.52 bits per heavy atom. The Morgan fingerprint density at radius 2 is 1.88 bits per heavy atom. The monoisotopic (exact) mass is 513 g/mol. The quantitative estimate of drug-likeness (QED) is 0.422. The van der Waals surface area contributed by atoms with Gasteiger partial charge in [-0.3, -0.25) is 19.8 Å². The summed E-state index contributed by atoms with van der Waals surface area (Å²) >= 11 is 7.24. The number of benzene rings is 1. The van der Waals surface area contributed by atoms with Crippen LogP contribution in [0.4, 0.5) is 15.5 Å². The van der Waals surface area contributed by atoms with Crippen molar-refractivity contribution in [2.24, 2.45) is 5.73 Å². The molecule has 11 heteroatoms. The lowest BCUT2D eigenvalue weighted by molar-refractivity contribution is -0.121. The van der Waals surface area contributed by atoms with Crippen LogP contribution in [0, 0.1) is 0 Å². The number of carbonyl (C=O) groups is 3. The minimum Gasteiger partial charge on any atom is -0.365 e. The highest BCUT2D eigenvalue weighted by atomic mass is 35.5. The van der Waals surface area contributed by atoms with Gasteiger partial charge in [0.2, 0.25) is 5.91 Å². The first-order valence-corrected chi connectivity index (χ1v) is 11.7. The number of nitrogens with two attached hydrogens (primary N) is 1. The van der Waals surface area contributed by atoms with Crippen LogP contribution in [0.1, 0.15) is 47.5 Å². The predicted octanol–water partition coefficient (Wildman–Crippen LogP) is 4.23. The Kier molecular flexibility index (Phi) is 9.97. The number of carbonyl (C=O) groups excluding carboxylic acids is 3. The molecule has 0 fully saturated rings. The van der Waals surface area contributed by atoms with Crippen LogP contribution in [0.25, 0.3) is 0 Å². The maximum Gasteiger partial charge on any atom is 0.324 e. The molecule has 1 aliphatic rings. The number of halogens is 2. The van der Waals surface area contributed by atoms with E-state index in [4.69, 9.17) is 17.3 Å². The third-order valence-corrected chi connectivity index (χ3v) is 6.42. The summed E-state index contributed by atoms with van der Waals surface area (Å²) in [5, 5.41) is 9.41. The van der Waals surface area contributed by atoms with Gasteiger partial charge >= 0.3 is 6.03 Å². The number of anilines is 2. The number of fused-ring (bicyclic) bond motifs is 1. The van der Waals surface area contributed by atoms with Gasteiger partial charge in [0.25, 0.3) is 5.91 Å². The molecule has 2 heterocycles. The van der Waals surface area contributed by atoms with Crippen LogP contribution in [-0.4, -0.2) is 41.9 Å². The average molecular weight is 514 g/mol. The number of nitrogens with one attached hydrogen (secondary N) is 3. The molecule has 8 nitrogen and oxygen atoms in total. The van der Waals surface area contributed by atoms with Gasteiger partial charge in [-0.1, -0.05) is 11.6 Å². The summed E-state index contributed by atoms with van der Waals surface area (Å²) in [6.07, 6.45) is 1.91. The normalized spacial score (nSPS) is 13.1. The van der Waals surface area contributed by atoms with Crippen LogP contribution in [0.15, 0.2) is 24.3 Å². The molecule has 2 aromatic rings. The topological polar surface area (TPSA) is 117 Å². The second-order valence-corrected chi connectivity index (χ2v) is 9.55. The van der Waals surface area contributed by atoms with Crippen LogP contribution in [0.2, 0.25) is 5.02 Å². The first-order valence-electron chi connectivity index (χ1n) is 10.5. The van der Waals surface area contributed by atoms with Crippen molar-refractivity contribution in [3.05, 3.63) is 45.3 Å². The molecule has 1 aliphatic heterocycles. The van der Waals surface area contributed by atoms with Gasteiger partial charge in [-0.05, 0) is 63.1 Å². The molecular weight excluding hydrogens is 485 g/mol. The molecule has 180 valence electrons. The Bertz CT molecular complexity index is 995. The second kappa shape index (κ2) is 12.2. The van der Waals surface area contributed by atoms with E-state index in [1.165, 1.54) is 11.3 Å². The summed E-state index contributed by atoms with van der Waals surface area (Å²) in [7, 11) is 0. The average Bonchev–Trinajstić information content (AvgIpc) is 3.06. The first-order chi connectivity index (χ1) is 15.2. The van der Waals surface area contributed by atoms with Crippen LogP contribution >= 0.6 is 35.3 Å². The van der Waals surface area contributed by atoms with Crippen LogP contribution in [-0.2, 0) is 17.8 Å². The Hall–Kier alpha value is -2.33. The fourth-order valence-electron chi connectivity index (χ4n) is 3.65. The second-order valence-electron chi connectivity index (χ2n) is 8.01. The molecule has 5 N–H and O–H groups in total. The maximum absolute atomic E-state index is 12.5. The minimum absolute atomic E-state index is 0. The van der Waals surface area contributed by atoms with Gasteiger partial charge in [0, 0.05) is 41.1 Å². The van der Waals surface area contributed by atoms with Gasteiger partial charge in [0.15, 0.2) is 0 Å². The van der Waals surface area contributed by atoms with E-state index < -0.39 is 11.9 Å². The zero-order valence-electron chi connectivity index (χ0n) is 18.6. The summed E-state index contributed by atoms with van der Waals surface area (Å²) < 4.78 is 0. The molecule has 0 atom stereocenters. The van der Waals surface area contributed by atoms with Crippen LogP contribution in [0.3, 0.4) is 0 Å². The number of hydrogen-bond donors (Lipinski definition) is 4. The van der Waals surface area contributed by atoms with Crippen molar-refractivity contribution >= 4 is 63.9 Å². The van der Waals surface area contributed by atoms with E-state index in [0.29, 0.717) is 40.7 Å². The molecule has 0 spiro atoms. The molecule has 1 aromatic heterocycles. The third kappa shape index (κ3) is 7.60. The Labute approximate surface area is 208 Å². The molecule has 0 bridgehead atoms. The standard InChI is InChI=1S/C22H28ClN5O3S.ClH/c1-13(2)25-18(29)4-3-10-28-11-9-16-17(12-28)32-21(19(16)20(24)30)27-22(31)26-15-7-5-14(23)6-8-15;/h5-8,13H,3-4,9-12H2,1-2H3,(H2,24,30)(H,25,29)(H2,26,27,31);1H. The summed E-state index contributed by atoms with van der Waals surface area (Å²) in [4.78, 5) is 39.7. The molecule has 33 heavy (non-hydrogen) atoms. The van der Waals surface area contributed by atoms with Crippen LogP contribution in [0.5, 0.6) is 0 Å². The minimum atomic E-state index is -0.553. The van der Waals surface area contributed by atoms with Crippen molar-refractivity contribution in [3.63, 3.8) is 0 Å². The largest absolute Gasteiger partial charge is 0.365 e. The highest BCUT2D eigenvalue weighted by Crippen LogP contribution is 2.37. The number of amides is 4. The van der Waals surface area contributed by atoms with E-state index in [1.807, 2.05) is 13.8 Å². The van der Waals surface area contributed by atoms with Gasteiger partial charge < -0.3 is 16.4 Å². The lowest BCUT2D eigenvalue weighted by Crippen LogP contribution is -2.33. The van der Waals surface area contributed by atoms with Crippen molar-refractivity contribution in [2.75, 3.05) is 23.7 Å². The number of rotatable bonds is 8. The fourth-order valence-corrected chi connectivity index (χ4v) is 5.07. The fraction of sp³-hybridized carbons (Fsp3) is 0.409. The number of nitrogens with zero attached hydrogens (tertiary/aromatic N) is 1. The lowest BCUT2D eigenvalue weighted by atomic mass is 10.0. The molecule has 0 radical (unpaired) electrons. The lowest BCUT2D eigenvalue weighted by Gasteiger charge is -2.26. The molecular formula is C22H29Cl2N5O3S. The van der Waals surface area contributed by atoms with E-state index in [9.17, 15) is 14.4 Å². The zero-order valence-corrected chi connectivity index (χ0v) is 21.0. The molecule has 0 unspecified atom stereocenters. The summed E-state index contributed by atoms with van der Waals surface area (Å²) in [6, 6.07) is 6.42. The summed E-state index contributed by atoms with van der Waals surface area (Å²) in [5.74, 6) is -0.494. The van der Waals surface area contributed by atoms with Gasteiger partial charge in [0.05, 0.1) is 5.56 Å². The number of primary amides is 1. The van der Waals surface area contributed by atoms with Crippen molar-refractivity contribution in [1.29, 1.82) is 0 Å². The van der Waals surface area contributed by atoms with Gasteiger partial charge in [-0.25, -0.2) is 4.79 Å². The molecule has 1 aromatic carbocycles. The van der Waals surface area contributed by atoms with Crippen molar-refractivity contribution < 1.29 is 14.4 Å². The van der Waals surface area contributed by atoms with Crippen LogP contribution < -0.4 is 21.7 Å². The molecule has 0 aliphatic carbocycles. The van der Waals surface area contributed by atoms with E-state index in [-0.39, 0.29) is 24.4 Å². The predicted molar refractivity (Wildman–Crippen MR) is 136 cm³/mol. The van der Waals surface area contributed by atoms with E-state index in [2.05, 4.69) is 20.9 Å². The molecule has 0 saturated carbocycles. The SMILES string of the molecule is CC(C)NC(=O)CCCN1CCc2c(sc(NC(=O)Nc3ccc(Cl)cc3)c2C(N)=O)C1.Cl. The highest BCUT2D eigenvalue weighted by molar-refractivity contribution is 7.17. The van der Waals surface area contributed by atoms with Gasteiger partial charge in [-0.15, -0.1) is 23.7 Å². The first kappa shape index (κ1) is 26.9. The number of thiophene rings is 1. The molecule has 0 saturated heterocycles. The highest BCUT2D eigenvalue weighted by Gasteiger charge is 2.27. The molecule has 3 rings (SSSR count).